The van der Waals surface area contributed by atoms with Crippen molar-refractivity contribution in [3.8, 4) is 11.4 Å². The van der Waals surface area contributed by atoms with Crippen molar-refractivity contribution in [1.29, 1.82) is 0 Å². The summed E-state index contributed by atoms with van der Waals surface area (Å²) in [7, 11) is 0. The Bertz CT molecular complexity index is 1360. The minimum Gasteiger partial charge on any atom is -0.465 e. The zero-order chi connectivity index (χ0) is 25.5. The smallest absolute Gasteiger partial charge is 0.326 e. The predicted molar refractivity (Wildman–Crippen MR) is 140 cm³/mol. The first-order valence-electron chi connectivity index (χ1n) is 11.7. The average Bonchev–Trinajstić information content (AvgIpc) is 2.90. The molecule has 0 bridgehead atoms. The molecule has 36 heavy (non-hydrogen) atoms. The molecule has 4 aromatic rings. The number of halogens is 1. The van der Waals surface area contributed by atoms with Crippen LogP contribution >= 0.6 is 11.8 Å². The Morgan fingerprint density at radius 1 is 0.972 bits per heavy atom. The fourth-order valence-corrected chi connectivity index (χ4v) is 4.57. The van der Waals surface area contributed by atoms with Crippen LogP contribution in [0.2, 0.25) is 0 Å². The Morgan fingerprint density at radius 2 is 1.72 bits per heavy atom. The Morgan fingerprint density at radius 3 is 2.42 bits per heavy atom. The number of amides is 1. The van der Waals surface area contributed by atoms with Gasteiger partial charge in [0, 0.05) is 16.6 Å². The SMILES string of the molecule is CCOC(=O)CN(C(=O)CSc1nc(-c2ccc(F)cc2)nc2ccc(CC)cc12)c1ccccc1. The van der Waals surface area contributed by atoms with E-state index in [1.165, 1.54) is 28.8 Å². The first kappa shape index (κ1) is 25.3. The van der Waals surface area contributed by atoms with E-state index in [2.05, 4.69) is 11.9 Å². The number of rotatable bonds is 9. The molecule has 4 rings (SSSR count). The molecular weight excluding hydrogens is 477 g/mol. The first-order chi connectivity index (χ1) is 17.5. The van der Waals surface area contributed by atoms with E-state index in [-0.39, 0.29) is 30.6 Å². The van der Waals surface area contributed by atoms with Gasteiger partial charge >= 0.3 is 5.97 Å². The van der Waals surface area contributed by atoms with Crippen molar-refractivity contribution in [1.82, 2.24) is 9.97 Å². The van der Waals surface area contributed by atoms with E-state index in [1.54, 1.807) is 31.2 Å². The Hall–Kier alpha value is -3.78. The lowest BCUT2D eigenvalue weighted by molar-refractivity contribution is -0.142. The molecule has 6 nitrogen and oxygen atoms in total. The number of aromatic nitrogens is 2. The standard InChI is InChI=1S/C28H26FN3O3S/c1-3-19-10-15-24-23(16-19)28(31-27(30-24)20-11-13-21(29)14-12-20)36-18-25(33)32(17-26(34)35-4-2)22-8-6-5-7-9-22/h5-16H,3-4,17-18H2,1-2H3. The number of esters is 1. The van der Waals surface area contributed by atoms with E-state index in [0.29, 0.717) is 22.1 Å². The van der Waals surface area contributed by atoms with Crippen LogP contribution in [0.1, 0.15) is 19.4 Å². The summed E-state index contributed by atoms with van der Waals surface area (Å²) in [6.07, 6.45) is 0.847. The van der Waals surface area contributed by atoms with Gasteiger partial charge in [0.15, 0.2) is 5.82 Å². The van der Waals surface area contributed by atoms with E-state index < -0.39 is 5.97 Å². The number of nitrogens with zero attached hydrogens (tertiary/aromatic N) is 3. The average molecular weight is 504 g/mol. The lowest BCUT2D eigenvalue weighted by Crippen LogP contribution is -2.37. The molecular formula is C28H26FN3O3S. The highest BCUT2D eigenvalue weighted by atomic mass is 32.2. The third-order valence-corrected chi connectivity index (χ3v) is 6.51. The topological polar surface area (TPSA) is 72.4 Å². The number of benzene rings is 3. The second-order valence-corrected chi connectivity index (χ2v) is 8.94. The predicted octanol–water partition coefficient (Wildman–Crippen LogP) is 5.69. The lowest BCUT2D eigenvalue weighted by atomic mass is 10.1. The van der Waals surface area contributed by atoms with Gasteiger partial charge in [0.2, 0.25) is 5.91 Å². The Kier molecular flexibility index (Phi) is 8.28. The highest BCUT2D eigenvalue weighted by molar-refractivity contribution is 8.00. The molecule has 0 N–H and O–H groups in total. The summed E-state index contributed by atoms with van der Waals surface area (Å²) in [5.41, 5.74) is 3.16. The molecule has 0 saturated heterocycles. The van der Waals surface area contributed by atoms with Gasteiger partial charge in [0.05, 0.1) is 17.9 Å². The van der Waals surface area contributed by atoms with Crippen LogP contribution in [-0.2, 0) is 20.7 Å². The minimum absolute atomic E-state index is 0.0552. The largest absolute Gasteiger partial charge is 0.465 e. The van der Waals surface area contributed by atoms with Gasteiger partial charge in [0.1, 0.15) is 17.4 Å². The number of carbonyl (C=O) groups excluding carboxylic acids is 2. The lowest BCUT2D eigenvalue weighted by Gasteiger charge is -2.22. The summed E-state index contributed by atoms with van der Waals surface area (Å²) in [5.74, 6) is -0.554. The molecule has 0 aliphatic rings. The number of hydrogen-bond acceptors (Lipinski definition) is 6. The van der Waals surface area contributed by atoms with Crippen molar-refractivity contribution in [2.45, 2.75) is 25.3 Å². The summed E-state index contributed by atoms with van der Waals surface area (Å²) < 4.78 is 18.5. The van der Waals surface area contributed by atoms with Crippen molar-refractivity contribution in [3.05, 3.63) is 84.2 Å². The second-order valence-electron chi connectivity index (χ2n) is 7.97. The molecule has 1 heterocycles. The summed E-state index contributed by atoms with van der Waals surface area (Å²) in [5, 5.41) is 1.49. The van der Waals surface area contributed by atoms with Crippen LogP contribution in [0, 0.1) is 5.82 Å². The van der Waals surface area contributed by atoms with Crippen molar-refractivity contribution in [2.24, 2.45) is 0 Å². The monoisotopic (exact) mass is 503 g/mol. The van der Waals surface area contributed by atoms with Crippen LogP contribution < -0.4 is 4.90 Å². The third-order valence-electron chi connectivity index (χ3n) is 5.53. The van der Waals surface area contributed by atoms with Gasteiger partial charge in [-0.05, 0) is 67.4 Å². The van der Waals surface area contributed by atoms with Crippen LogP contribution in [0.3, 0.4) is 0 Å². The molecule has 1 aromatic heterocycles. The van der Waals surface area contributed by atoms with Gasteiger partial charge in [0.25, 0.3) is 0 Å². The number of hydrogen-bond donors (Lipinski definition) is 0. The summed E-state index contributed by atoms with van der Waals surface area (Å²) in [6.45, 7) is 3.86. The molecule has 184 valence electrons. The van der Waals surface area contributed by atoms with E-state index in [1.807, 2.05) is 36.4 Å². The fraction of sp³-hybridized carbons (Fsp3) is 0.214. The maximum atomic E-state index is 13.5. The van der Waals surface area contributed by atoms with Crippen molar-refractivity contribution < 1.29 is 18.7 Å². The zero-order valence-electron chi connectivity index (χ0n) is 20.1. The van der Waals surface area contributed by atoms with Crippen LogP contribution in [-0.4, -0.2) is 40.7 Å². The molecule has 0 radical (unpaired) electrons. The quantitative estimate of drug-likeness (QED) is 0.166. The Labute approximate surface area is 213 Å². The number of fused-ring (bicyclic) bond motifs is 1. The number of aryl methyl sites for hydroxylation is 1. The molecule has 0 saturated carbocycles. The van der Waals surface area contributed by atoms with Crippen LogP contribution in [0.25, 0.3) is 22.3 Å². The van der Waals surface area contributed by atoms with Crippen molar-refractivity contribution in [2.75, 3.05) is 23.8 Å². The van der Waals surface area contributed by atoms with Crippen LogP contribution in [0.4, 0.5) is 10.1 Å². The summed E-state index contributed by atoms with van der Waals surface area (Å²) in [6, 6.07) is 21.0. The van der Waals surface area contributed by atoms with E-state index in [4.69, 9.17) is 9.72 Å². The number of carbonyl (C=O) groups is 2. The molecule has 0 atom stereocenters. The first-order valence-corrected chi connectivity index (χ1v) is 12.7. The third kappa shape index (κ3) is 6.07. The van der Waals surface area contributed by atoms with Crippen LogP contribution in [0.5, 0.6) is 0 Å². The van der Waals surface area contributed by atoms with Crippen LogP contribution in [0.15, 0.2) is 77.8 Å². The molecule has 0 spiro atoms. The molecule has 0 aliphatic heterocycles. The summed E-state index contributed by atoms with van der Waals surface area (Å²) in [4.78, 5) is 36.4. The highest BCUT2D eigenvalue weighted by Gasteiger charge is 2.21. The molecule has 0 fully saturated rings. The minimum atomic E-state index is -0.474. The fourth-order valence-electron chi connectivity index (χ4n) is 3.68. The van der Waals surface area contributed by atoms with Crippen molar-refractivity contribution >= 4 is 40.2 Å². The van der Waals surface area contributed by atoms with Gasteiger partial charge in [-0.2, -0.15) is 0 Å². The normalized spacial score (nSPS) is 10.9. The van der Waals surface area contributed by atoms with E-state index in [0.717, 1.165) is 22.9 Å². The molecule has 0 unspecified atom stereocenters. The second kappa shape index (κ2) is 11.8. The molecule has 3 aromatic carbocycles. The zero-order valence-corrected chi connectivity index (χ0v) is 20.9. The number of thioether (sulfide) groups is 1. The Balaban J connectivity index is 1.66. The van der Waals surface area contributed by atoms with Gasteiger partial charge in [-0.1, -0.05) is 43.0 Å². The van der Waals surface area contributed by atoms with Gasteiger partial charge in [-0.25, -0.2) is 14.4 Å². The molecule has 1 amide bonds. The highest BCUT2D eigenvalue weighted by Crippen LogP contribution is 2.30. The van der Waals surface area contributed by atoms with E-state index >= 15 is 0 Å². The van der Waals surface area contributed by atoms with Gasteiger partial charge in [-0.15, -0.1) is 0 Å². The molecule has 8 heteroatoms. The number of ether oxygens (including phenoxy) is 1. The van der Waals surface area contributed by atoms with E-state index in [9.17, 15) is 14.0 Å². The van der Waals surface area contributed by atoms with Crippen molar-refractivity contribution in [3.63, 3.8) is 0 Å². The number of para-hydroxylation sites is 1. The maximum Gasteiger partial charge on any atom is 0.326 e. The molecule has 0 aliphatic carbocycles. The van der Waals surface area contributed by atoms with Gasteiger partial charge in [-0.3, -0.25) is 9.59 Å². The maximum absolute atomic E-state index is 13.5. The summed E-state index contributed by atoms with van der Waals surface area (Å²) >= 11 is 1.28. The number of anilines is 1. The van der Waals surface area contributed by atoms with Gasteiger partial charge < -0.3 is 9.64 Å².